The third kappa shape index (κ3) is 5.14. The Kier molecular flexibility index (Phi) is 6.22. The van der Waals surface area contributed by atoms with E-state index in [1.165, 1.54) is 0 Å². The summed E-state index contributed by atoms with van der Waals surface area (Å²) in [6.45, 7) is 0.740. The number of aromatic nitrogens is 4. The Labute approximate surface area is 175 Å². The number of nitrogens with zero attached hydrogens (tertiary/aromatic N) is 4. The molecule has 1 fully saturated rings. The van der Waals surface area contributed by atoms with E-state index in [4.69, 9.17) is 9.47 Å². The molecule has 1 aliphatic carbocycles. The van der Waals surface area contributed by atoms with Crippen LogP contribution in [-0.4, -0.2) is 44.7 Å². The Morgan fingerprint density at radius 2 is 1.87 bits per heavy atom. The minimum atomic E-state index is -0.0350. The number of carbonyl (C=O) groups excluding carboxylic acids is 1. The van der Waals surface area contributed by atoms with Crippen LogP contribution in [-0.2, 0) is 6.54 Å². The van der Waals surface area contributed by atoms with E-state index in [0.717, 1.165) is 37.8 Å². The van der Waals surface area contributed by atoms with Crippen LogP contribution >= 0.6 is 0 Å². The molecule has 2 heterocycles. The van der Waals surface area contributed by atoms with E-state index in [1.54, 1.807) is 32.0 Å². The van der Waals surface area contributed by atoms with Crippen molar-refractivity contribution in [3.05, 3.63) is 66.5 Å². The first kappa shape index (κ1) is 19.9. The predicted molar refractivity (Wildman–Crippen MR) is 110 cm³/mol. The highest BCUT2D eigenvalue weighted by Gasteiger charge is 2.24. The molecular formula is C22H25N5O3. The first-order valence-corrected chi connectivity index (χ1v) is 10.1. The molecular weight excluding hydrogens is 382 g/mol. The van der Waals surface area contributed by atoms with E-state index in [9.17, 15) is 4.79 Å². The summed E-state index contributed by atoms with van der Waals surface area (Å²) in [6, 6.07) is 7.86. The smallest absolute Gasteiger partial charge is 0.251 e. The second-order valence-corrected chi connectivity index (χ2v) is 7.40. The average molecular weight is 407 g/mol. The van der Waals surface area contributed by atoms with E-state index >= 15 is 0 Å². The fourth-order valence-corrected chi connectivity index (χ4v) is 3.60. The number of hydrogen-bond donors (Lipinski definition) is 1. The van der Waals surface area contributed by atoms with Gasteiger partial charge in [0.1, 0.15) is 6.10 Å². The lowest BCUT2D eigenvalue weighted by Gasteiger charge is -2.29. The van der Waals surface area contributed by atoms with E-state index in [1.807, 2.05) is 35.0 Å². The molecule has 8 heteroatoms. The summed E-state index contributed by atoms with van der Waals surface area (Å²) in [7, 11) is 1.55. The monoisotopic (exact) mass is 407 g/mol. The first-order chi connectivity index (χ1) is 14.7. The van der Waals surface area contributed by atoms with Gasteiger partial charge in [0.15, 0.2) is 0 Å². The molecule has 0 aliphatic heterocycles. The molecule has 1 N–H and O–H groups in total. The molecule has 0 unspecified atom stereocenters. The summed E-state index contributed by atoms with van der Waals surface area (Å²) in [6.07, 6.45) is 12.1. The van der Waals surface area contributed by atoms with E-state index in [-0.39, 0.29) is 18.1 Å². The van der Waals surface area contributed by atoms with E-state index in [2.05, 4.69) is 20.3 Å². The van der Waals surface area contributed by atoms with E-state index in [0.29, 0.717) is 17.3 Å². The maximum atomic E-state index is 12.6. The quantitative estimate of drug-likeness (QED) is 0.648. The van der Waals surface area contributed by atoms with Gasteiger partial charge in [-0.15, -0.1) is 0 Å². The number of rotatable bonds is 7. The van der Waals surface area contributed by atoms with Crippen molar-refractivity contribution in [3.8, 4) is 11.8 Å². The highest BCUT2D eigenvalue weighted by molar-refractivity contribution is 5.94. The van der Waals surface area contributed by atoms with Gasteiger partial charge in [-0.05, 0) is 43.4 Å². The molecule has 0 atom stereocenters. The van der Waals surface area contributed by atoms with Crippen LogP contribution in [0.4, 0.5) is 0 Å². The van der Waals surface area contributed by atoms with Gasteiger partial charge in [0, 0.05) is 30.5 Å². The zero-order chi connectivity index (χ0) is 20.8. The molecule has 0 radical (unpaired) electrons. The molecule has 3 aromatic rings. The van der Waals surface area contributed by atoms with Crippen LogP contribution in [0, 0.1) is 0 Å². The van der Waals surface area contributed by atoms with Gasteiger partial charge in [-0.25, -0.2) is 4.98 Å². The highest BCUT2D eigenvalue weighted by atomic mass is 16.5. The molecule has 0 saturated heterocycles. The van der Waals surface area contributed by atoms with Crippen molar-refractivity contribution in [2.75, 3.05) is 7.11 Å². The van der Waals surface area contributed by atoms with Gasteiger partial charge >= 0.3 is 0 Å². The Bertz CT molecular complexity index is 951. The number of nitrogens with one attached hydrogen (secondary N) is 1. The zero-order valence-corrected chi connectivity index (χ0v) is 16.9. The molecule has 1 saturated carbocycles. The summed E-state index contributed by atoms with van der Waals surface area (Å²) in [4.78, 5) is 24.9. The Morgan fingerprint density at radius 3 is 2.57 bits per heavy atom. The van der Waals surface area contributed by atoms with Gasteiger partial charge in [0.25, 0.3) is 5.91 Å². The van der Waals surface area contributed by atoms with Crippen LogP contribution in [0.15, 0.2) is 55.4 Å². The number of methoxy groups -OCH3 is 1. The minimum absolute atomic E-state index is 0.0350. The molecule has 0 bridgehead atoms. The summed E-state index contributed by atoms with van der Waals surface area (Å²) in [5, 5.41) is 3.15. The van der Waals surface area contributed by atoms with Gasteiger partial charge in [-0.1, -0.05) is 12.1 Å². The summed E-state index contributed by atoms with van der Waals surface area (Å²) >= 11 is 0. The minimum Gasteiger partial charge on any atom is -0.480 e. The molecule has 1 aromatic carbocycles. The van der Waals surface area contributed by atoms with Crippen LogP contribution in [0.2, 0.25) is 0 Å². The average Bonchev–Trinajstić information content (AvgIpc) is 3.29. The Morgan fingerprint density at radius 1 is 1.10 bits per heavy atom. The van der Waals surface area contributed by atoms with Crippen LogP contribution in [0.3, 0.4) is 0 Å². The third-order valence-electron chi connectivity index (χ3n) is 5.24. The lowest BCUT2D eigenvalue weighted by Crippen LogP contribution is -2.39. The lowest BCUT2D eigenvalue weighted by atomic mass is 9.92. The number of ether oxygens (including phenoxy) is 2. The van der Waals surface area contributed by atoms with Crippen molar-refractivity contribution in [3.63, 3.8) is 0 Å². The number of hydrogen-bond acceptors (Lipinski definition) is 6. The molecule has 156 valence electrons. The summed E-state index contributed by atoms with van der Waals surface area (Å²) in [5.74, 6) is 0.870. The maximum Gasteiger partial charge on any atom is 0.251 e. The third-order valence-corrected chi connectivity index (χ3v) is 5.24. The van der Waals surface area contributed by atoms with Crippen LogP contribution in [0.5, 0.6) is 11.8 Å². The second kappa shape index (κ2) is 9.39. The SMILES string of the molecule is COc1cncc(OC2CCC(NC(=O)c3ccc(Cn4ccnc4)cc3)CC2)n1. The van der Waals surface area contributed by atoms with Gasteiger partial charge in [0.2, 0.25) is 11.8 Å². The number of imidazole rings is 1. The number of amides is 1. The fourth-order valence-electron chi connectivity index (χ4n) is 3.60. The molecule has 2 aromatic heterocycles. The largest absolute Gasteiger partial charge is 0.480 e. The predicted octanol–water partition coefficient (Wildman–Crippen LogP) is 2.85. The number of benzene rings is 1. The molecule has 0 spiro atoms. The molecule has 30 heavy (non-hydrogen) atoms. The van der Waals surface area contributed by atoms with Crippen molar-refractivity contribution in [2.24, 2.45) is 0 Å². The van der Waals surface area contributed by atoms with Gasteiger partial charge in [-0.3, -0.25) is 9.78 Å². The van der Waals surface area contributed by atoms with Crippen molar-refractivity contribution in [1.82, 2.24) is 24.8 Å². The molecule has 8 nitrogen and oxygen atoms in total. The van der Waals surface area contributed by atoms with Crippen LogP contribution in [0.1, 0.15) is 41.6 Å². The van der Waals surface area contributed by atoms with Gasteiger partial charge in [-0.2, -0.15) is 4.98 Å². The molecule has 4 rings (SSSR count). The van der Waals surface area contributed by atoms with Crippen molar-refractivity contribution >= 4 is 5.91 Å². The van der Waals surface area contributed by atoms with Gasteiger partial charge in [0.05, 0.1) is 25.8 Å². The van der Waals surface area contributed by atoms with Crippen molar-refractivity contribution in [1.29, 1.82) is 0 Å². The van der Waals surface area contributed by atoms with Crippen LogP contribution in [0.25, 0.3) is 0 Å². The molecule has 1 amide bonds. The Hall–Kier alpha value is -3.42. The molecule has 1 aliphatic rings. The van der Waals surface area contributed by atoms with Crippen LogP contribution < -0.4 is 14.8 Å². The standard InChI is InChI=1S/C22H25N5O3/c1-29-20-12-24-13-21(26-20)30-19-8-6-18(7-9-19)25-22(28)17-4-2-16(3-5-17)14-27-11-10-23-15-27/h2-5,10-13,15,18-19H,6-9,14H2,1H3,(H,25,28). The van der Waals surface area contributed by atoms with Crippen molar-refractivity contribution in [2.45, 2.75) is 44.4 Å². The zero-order valence-electron chi connectivity index (χ0n) is 16.9. The Balaban J connectivity index is 1.24. The highest BCUT2D eigenvalue weighted by Crippen LogP contribution is 2.23. The van der Waals surface area contributed by atoms with Gasteiger partial charge < -0.3 is 19.4 Å². The second-order valence-electron chi connectivity index (χ2n) is 7.40. The first-order valence-electron chi connectivity index (χ1n) is 10.1. The normalized spacial score (nSPS) is 18.6. The number of carbonyl (C=O) groups is 1. The summed E-state index contributed by atoms with van der Waals surface area (Å²) < 4.78 is 13.0. The fraction of sp³-hybridized carbons (Fsp3) is 0.364. The topological polar surface area (TPSA) is 91.2 Å². The maximum absolute atomic E-state index is 12.6. The van der Waals surface area contributed by atoms with E-state index < -0.39 is 0 Å². The lowest BCUT2D eigenvalue weighted by molar-refractivity contribution is 0.0889. The summed E-state index contributed by atoms with van der Waals surface area (Å²) in [5.41, 5.74) is 1.80. The van der Waals surface area contributed by atoms with Crippen molar-refractivity contribution < 1.29 is 14.3 Å².